The zero-order valence-corrected chi connectivity index (χ0v) is 12.6. The Balaban J connectivity index is 1.67. The molecule has 0 bridgehead atoms. The number of rotatable bonds is 4. The van der Waals surface area contributed by atoms with Gasteiger partial charge in [0, 0.05) is 32.3 Å². The summed E-state index contributed by atoms with van der Waals surface area (Å²) in [6.07, 6.45) is 4.14. The van der Waals surface area contributed by atoms with Crippen LogP contribution in [0.5, 0.6) is 0 Å². The zero-order valence-electron chi connectivity index (χ0n) is 12.6. The second-order valence-corrected chi connectivity index (χ2v) is 6.48. The highest BCUT2D eigenvalue weighted by Gasteiger charge is 2.38. The lowest BCUT2D eigenvalue weighted by molar-refractivity contribution is 0.270. The molecule has 1 N–H and O–H groups in total. The van der Waals surface area contributed by atoms with Gasteiger partial charge < -0.3 is 5.32 Å². The number of aryl methyl sites for hydroxylation is 1. The zero-order chi connectivity index (χ0) is 14.2. The van der Waals surface area contributed by atoms with Crippen molar-refractivity contribution >= 4 is 0 Å². The molecule has 0 radical (unpaired) electrons. The van der Waals surface area contributed by atoms with Gasteiger partial charge in [-0.2, -0.15) is 5.10 Å². The minimum atomic E-state index is 0.286. The average Bonchev–Trinajstić information content (AvgIpc) is 2.91. The van der Waals surface area contributed by atoms with E-state index >= 15 is 0 Å². The lowest BCUT2D eigenvalue weighted by Crippen LogP contribution is -2.32. The number of aromatic nitrogens is 2. The summed E-state index contributed by atoms with van der Waals surface area (Å²) in [7, 11) is 1.97. The largest absolute Gasteiger partial charge is 0.309 e. The molecule has 0 saturated carbocycles. The summed E-state index contributed by atoms with van der Waals surface area (Å²) < 4.78 is 1.87. The van der Waals surface area contributed by atoms with Crippen molar-refractivity contribution in [2.45, 2.75) is 32.7 Å². The number of nitrogens with zero attached hydrogens (tertiary/aromatic N) is 2. The molecule has 0 fully saturated rings. The summed E-state index contributed by atoms with van der Waals surface area (Å²) in [5.41, 5.74) is 4.41. The fraction of sp³-hybridized carbons (Fsp3) is 0.471. The van der Waals surface area contributed by atoms with Crippen LogP contribution in [0.15, 0.2) is 36.5 Å². The molecule has 1 atom stereocenters. The molecule has 1 aromatic carbocycles. The van der Waals surface area contributed by atoms with Crippen molar-refractivity contribution in [1.29, 1.82) is 0 Å². The molecule has 20 heavy (non-hydrogen) atoms. The van der Waals surface area contributed by atoms with Crippen LogP contribution in [0.2, 0.25) is 0 Å². The second kappa shape index (κ2) is 5.06. The predicted molar refractivity (Wildman–Crippen MR) is 81.6 cm³/mol. The van der Waals surface area contributed by atoms with E-state index in [0.717, 1.165) is 25.1 Å². The minimum Gasteiger partial charge on any atom is -0.309 e. The Morgan fingerprint density at radius 2 is 2.10 bits per heavy atom. The third-order valence-electron chi connectivity index (χ3n) is 4.29. The first-order chi connectivity index (χ1) is 9.56. The summed E-state index contributed by atoms with van der Waals surface area (Å²) >= 11 is 0. The van der Waals surface area contributed by atoms with Crippen molar-refractivity contribution in [1.82, 2.24) is 15.1 Å². The van der Waals surface area contributed by atoms with Gasteiger partial charge in [0.25, 0.3) is 0 Å². The van der Waals surface area contributed by atoms with Crippen LogP contribution >= 0.6 is 0 Å². The summed E-state index contributed by atoms with van der Waals surface area (Å²) in [5, 5.41) is 8.17. The van der Waals surface area contributed by atoms with Crippen LogP contribution < -0.4 is 5.32 Å². The van der Waals surface area contributed by atoms with Crippen molar-refractivity contribution in [3.05, 3.63) is 53.3 Å². The van der Waals surface area contributed by atoms with Crippen LogP contribution in [-0.2, 0) is 19.9 Å². The molecular weight excluding hydrogens is 246 g/mol. The Morgan fingerprint density at radius 1 is 1.30 bits per heavy atom. The number of fused-ring (bicyclic) bond motifs is 1. The third kappa shape index (κ3) is 2.50. The molecule has 2 aromatic rings. The topological polar surface area (TPSA) is 29.9 Å². The third-order valence-corrected chi connectivity index (χ3v) is 4.29. The first kappa shape index (κ1) is 13.4. The molecule has 1 unspecified atom stereocenters. The predicted octanol–water partition coefficient (Wildman–Crippen LogP) is 2.88. The van der Waals surface area contributed by atoms with Crippen LogP contribution in [0.4, 0.5) is 0 Å². The van der Waals surface area contributed by atoms with Crippen LogP contribution in [0.25, 0.3) is 0 Å². The average molecular weight is 269 g/mol. The van der Waals surface area contributed by atoms with Gasteiger partial charge in [-0.3, -0.25) is 4.68 Å². The van der Waals surface area contributed by atoms with Crippen molar-refractivity contribution < 1.29 is 0 Å². The highest BCUT2D eigenvalue weighted by atomic mass is 15.2. The minimum absolute atomic E-state index is 0.286. The fourth-order valence-corrected chi connectivity index (χ4v) is 3.32. The fourth-order valence-electron chi connectivity index (χ4n) is 3.32. The SMILES string of the molecule is Cn1ccc(CCNC2c3ccccc3CC2(C)C)n1. The van der Waals surface area contributed by atoms with Gasteiger partial charge in [-0.05, 0) is 29.0 Å². The van der Waals surface area contributed by atoms with E-state index in [1.807, 2.05) is 17.9 Å². The molecule has 0 spiro atoms. The van der Waals surface area contributed by atoms with Crippen molar-refractivity contribution in [2.24, 2.45) is 12.5 Å². The molecule has 3 nitrogen and oxygen atoms in total. The first-order valence-electron chi connectivity index (χ1n) is 7.36. The number of benzene rings is 1. The van der Waals surface area contributed by atoms with Crippen LogP contribution in [0, 0.1) is 5.41 Å². The van der Waals surface area contributed by atoms with E-state index in [9.17, 15) is 0 Å². The van der Waals surface area contributed by atoms with Gasteiger partial charge in [0.05, 0.1) is 5.69 Å². The Bertz CT molecular complexity index is 598. The van der Waals surface area contributed by atoms with E-state index in [-0.39, 0.29) is 5.41 Å². The maximum absolute atomic E-state index is 4.43. The quantitative estimate of drug-likeness (QED) is 0.925. The molecule has 0 amide bonds. The van der Waals surface area contributed by atoms with Gasteiger partial charge in [-0.25, -0.2) is 0 Å². The van der Waals surface area contributed by atoms with E-state index in [0.29, 0.717) is 6.04 Å². The number of nitrogens with one attached hydrogen (secondary N) is 1. The molecule has 0 aliphatic heterocycles. The summed E-state index contributed by atoms with van der Waals surface area (Å²) in [5.74, 6) is 0. The Labute approximate surface area is 121 Å². The highest BCUT2D eigenvalue weighted by Crippen LogP contribution is 2.44. The molecule has 1 aliphatic carbocycles. The molecule has 106 valence electrons. The molecule has 1 heterocycles. The number of hydrogen-bond donors (Lipinski definition) is 1. The van der Waals surface area contributed by atoms with E-state index in [1.54, 1.807) is 0 Å². The molecule has 1 aliphatic rings. The second-order valence-electron chi connectivity index (χ2n) is 6.48. The van der Waals surface area contributed by atoms with Crippen LogP contribution in [0.1, 0.15) is 36.7 Å². The molecule has 0 saturated heterocycles. The Kier molecular flexibility index (Phi) is 3.38. The van der Waals surface area contributed by atoms with Crippen molar-refractivity contribution in [3.8, 4) is 0 Å². The lowest BCUT2D eigenvalue weighted by Gasteiger charge is -2.28. The van der Waals surface area contributed by atoms with Gasteiger partial charge >= 0.3 is 0 Å². The number of hydrogen-bond acceptors (Lipinski definition) is 2. The van der Waals surface area contributed by atoms with Gasteiger partial charge in [-0.15, -0.1) is 0 Å². The smallest absolute Gasteiger partial charge is 0.0637 e. The maximum Gasteiger partial charge on any atom is 0.0637 e. The Hall–Kier alpha value is -1.61. The monoisotopic (exact) mass is 269 g/mol. The van der Waals surface area contributed by atoms with E-state index in [4.69, 9.17) is 0 Å². The van der Waals surface area contributed by atoms with E-state index in [2.05, 4.69) is 54.6 Å². The normalized spacial score (nSPS) is 20.1. The van der Waals surface area contributed by atoms with E-state index < -0.39 is 0 Å². The maximum atomic E-state index is 4.43. The van der Waals surface area contributed by atoms with Gasteiger partial charge in [0.1, 0.15) is 0 Å². The molecule has 3 heteroatoms. The summed E-state index contributed by atoms with van der Waals surface area (Å²) in [4.78, 5) is 0. The molecule has 3 rings (SSSR count). The van der Waals surface area contributed by atoms with Gasteiger partial charge in [-0.1, -0.05) is 38.1 Å². The van der Waals surface area contributed by atoms with Crippen molar-refractivity contribution in [2.75, 3.05) is 6.54 Å². The van der Waals surface area contributed by atoms with Crippen LogP contribution in [-0.4, -0.2) is 16.3 Å². The molecule has 1 aromatic heterocycles. The van der Waals surface area contributed by atoms with Crippen molar-refractivity contribution in [3.63, 3.8) is 0 Å². The summed E-state index contributed by atoms with van der Waals surface area (Å²) in [6, 6.07) is 11.4. The van der Waals surface area contributed by atoms with E-state index in [1.165, 1.54) is 11.1 Å². The Morgan fingerprint density at radius 3 is 2.85 bits per heavy atom. The molecular formula is C17H23N3. The van der Waals surface area contributed by atoms with Crippen LogP contribution in [0.3, 0.4) is 0 Å². The summed E-state index contributed by atoms with van der Waals surface area (Å²) in [6.45, 7) is 5.68. The highest BCUT2D eigenvalue weighted by molar-refractivity contribution is 5.37. The van der Waals surface area contributed by atoms with Gasteiger partial charge in [0.15, 0.2) is 0 Å². The standard InChI is InChI=1S/C17H23N3/c1-17(2)12-13-6-4-5-7-15(13)16(17)18-10-8-14-9-11-20(3)19-14/h4-7,9,11,16,18H,8,10,12H2,1-3H3. The first-order valence-corrected chi connectivity index (χ1v) is 7.36. The van der Waals surface area contributed by atoms with Gasteiger partial charge in [0.2, 0.25) is 0 Å². The lowest BCUT2D eigenvalue weighted by atomic mass is 9.85.